The van der Waals surface area contributed by atoms with Crippen LogP contribution in [0.5, 0.6) is 5.75 Å². The van der Waals surface area contributed by atoms with Crippen LogP contribution >= 0.6 is 0 Å². The fraction of sp³-hybridized carbons (Fsp3) is 0.520. The highest BCUT2D eigenvalue weighted by molar-refractivity contribution is 5.35. The zero-order chi connectivity index (χ0) is 21.5. The number of hydrogen-bond donors (Lipinski definition) is 0. The molecule has 2 aromatic carbocycles. The number of unbranched alkanes of at least 4 members (excludes halogenated alkanes) is 2. The van der Waals surface area contributed by atoms with E-state index in [-0.39, 0.29) is 12.2 Å². The van der Waals surface area contributed by atoms with E-state index in [2.05, 4.69) is 6.92 Å². The molecule has 2 aromatic rings. The summed E-state index contributed by atoms with van der Waals surface area (Å²) in [7, 11) is 0. The summed E-state index contributed by atoms with van der Waals surface area (Å²) in [4.78, 5) is 0. The molecule has 0 atom stereocenters. The second-order valence-electron chi connectivity index (χ2n) is 8.51. The zero-order valence-electron chi connectivity index (χ0n) is 17.5. The maximum absolute atomic E-state index is 14.2. The van der Waals surface area contributed by atoms with Gasteiger partial charge in [-0.05, 0) is 66.5 Å². The number of ether oxygens (including phenoxy) is 1. The van der Waals surface area contributed by atoms with E-state index in [1.807, 2.05) is 0 Å². The topological polar surface area (TPSA) is 9.23 Å². The minimum absolute atomic E-state index is 0.113. The molecular weight excluding hydrogens is 392 g/mol. The molecule has 0 spiro atoms. The molecule has 5 heteroatoms. The second-order valence-corrected chi connectivity index (χ2v) is 8.51. The Hall–Kier alpha value is -2.04. The van der Waals surface area contributed by atoms with Crippen molar-refractivity contribution in [1.29, 1.82) is 0 Å². The SMILES string of the molecule is CCCCCC1CCC(COc2cc(Cc3ccc(F)c(F)c3)cc(F)c2F)CC1. The monoisotopic (exact) mass is 422 g/mol. The minimum atomic E-state index is -1.00. The van der Waals surface area contributed by atoms with Crippen molar-refractivity contribution < 1.29 is 22.3 Å². The predicted octanol–water partition coefficient (Wildman–Crippen LogP) is 7.60. The first-order chi connectivity index (χ1) is 14.5. The van der Waals surface area contributed by atoms with Crippen LogP contribution in [0, 0.1) is 35.1 Å². The molecule has 0 aromatic heterocycles. The van der Waals surface area contributed by atoms with E-state index in [1.165, 1.54) is 50.7 Å². The van der Waals surface area contributed by atoms with Gasteiger partial charge in [0, 0.05) is 0 Å². The summed E-state index contributed by atoms with van der Waals surface area (Å²) in [6.45, 7) is 2.58. The van der Waals surface area contributed by atoms with Crippen LogP contribution < -0.4 is 4.74 Å². The lowest BCUT2D eigenvalue weighted by Gasteiger charge is -2.28. The fourth-order valence-corrected chi connectivity index (χ4v) is 4.29. The smallest absolute Gasteiger partial charge is 0.200 e. The summed E-state index contributed by atoms with van der Waals surface area (Å²) in [6.07, 6.45) is 9.70. The van der Waals surface area contributed by atoms with Crippen LogP contribution in [0.25, 0.3) is 0 Å². The maximum Gasteiger partial charge on any atom is 0.200 e. The van der Waals surface area contributed by atoms with Crippen molar-refractivity contribution in [2.24, 2.45) is 11.8 Å². The Bertz CT molecular complexity index is 828. The highest BCUT2D eigenvalue weighted by Gasteiger charge is 2.22. The predicted molar refractivity (Wildman–Crippen MR) is 111 cm³/mol. The number of hydrogen-bond acceptors (Lipinski definition) is 1. The summed E-state index contributed by atoms with van der Waals surface area (Å²) in [6, 6.07) is 6.05. The maximum atomic E-state index is 14.2. The quantitative estimate of drug-likeness (QED) is 0.299. The van der Waals surface area contributed by atoms with Crippen LogP contribution in [0.4, 0.5) is 17.6 Å². The summed E-state index contributed by atoms with van der Waals surface area (Å²) in [5.74, 6) is -2.88. The van der Waals surface area contributed by atoms with Gasteiger partial charge in [-0.3, -0.25) is 0 Å². The van der Waals surface area contributed by atoms with E-state index in [0.29, 0.717) is 23.7 Å². The zero-order valence-corrected chi connectivity index (χ0v) is 17.5. The van der Waals surface area contributed by atoms with Crippen LogP contribution in [0.1, 0.15) is 69.4 Å². The standard InChI is InChI=1S/C25H30F4O/c1-2-3-4-5-17-6-8-18(9-7-17)16-30-24-15-20(14-23(28)25(24)29)12-19-10-11-21(26)22(27)13-19/h10-11,13-15,17-18H,2-9,12,16H2,1H3. The van der Waals surface area contributed by atoms with Crippen LogP contribution in [0.15, 0.2) is 30.3 Å². The lowest BCUT2D eigenvalue weighted by atomic mass is 9.80. The van der Waals surface area contributed by atoms with Gasteiger partial charge in [-0.15, -0.1) is 0 Å². The molecule has 1 aliphatic rings. The molecule has 0 heterocycles. The first-order valence-corrected chi connectivity index (χ1v) is 11.0. The number of halogens is 4. The van der Waals surface area contributed by atoms with E-state index < -0.39 is 23.3 Å². The largest absolute Gasteiger partial charge is 0.490 e. The van der Waals surface area contributed by atoms with Crippen molar-refractivity contribution in [3.63, 3.8) is 0 Å². The highest BCUT2D eigenvalue weighted by Crippen LogP contribution is 2.33. The molecule has 1 fully saturated rings. The van der Waals surface area contributed by atoms with Gasteiger partial charge in [0.1, 0.15) is 0 Å². The average Bonchev–Trinajstić information content (AvgIpc) is 2.73. The van der Waals surface area contributed by atoms with Crippen molar-refractivity contribution in [2.45, 2.75) is 64.7 Å². The molecule has 1 nitrogen and oxygen atoms in total. The molecule has 0 aliphatic heterocycles. The molecule has 0 bridgehead atoms. The van der Waals surface area contributed by atoms with Gasteiger partial charge in [0.25, 0.3) is 0 Å². The Balaban J connectivity index is 1.56. The third-order valence-corrected chi connectivity index (χ3v) is 6.10. The summed E-state index contributed by atoms with van der Waals surface area (Å²) in [5, 5.41) is 0. The Morgan fingerprint density at radius 3 is 2.20 bits per heavy atom. The molecule has 0 amide bonds. The highest BCUT2D eigenvalue weighted by atomic mass is 19.2. The van der Waals surface area contributed by atoms with Crippen molar-refractivity contribution >= 4 is 0 Å². The minimum Gasteiger partial charge on any atom is -0.490 e. The third-order valence-electron chi connectivity index (χ3n) is 6.10. The lowest BCUT2D eigenvalue weighted by molar-refractivity contribution is 0.172. The number of rotatable bonds is 9. The van der Waals surface area contributed by atoms with Crippen molar-refractivity contribution in [1.82, 2.24) is 0 Å². The van der Waals surface area contributed by atoms with Gasteiger partial charge in [-0.1, -0.05) is 51.5 Å². The van der Waals surface area contributed by atoms with E-state index >= 15 is 0 Å². The van der Waals surface area contributed by atoms with E-state index in [4.69, 9.17) is 4.74 Å². The molecule has 0 saturated heterocycles. The normalized spacial score (nSPS) is 19.1. The van der Waals surface area contributed by atoms with E-state index in [9.17, 15) is 17.6 Å². The Labute approximate surface area is 176 Å². The van der Waals surface area contributed by atoms with Crippen LogP contribution in [0.3, 0.4) is 0 Å². The molecule has 164 valence electrons. The van der Waals surface area contributed by atoms with Gasteiger partial charge in [0.05, 0.1) is 6.61 Å². The van der Waals surface area contributed by atoms with Gasteiger partial charge < -0.3 is 4.74 Å². The molecule has 0 N–H and O–H groups in total. The van der Waals surface area contributed by atoms with Gasteiger partial charge >= 0.3 is 0 Å². The lowest BCUT2D eigenvalue weighted by Crippen LogP contribution is -2.20. The van der Waals surface area contributed by atoms with Crippen molar-refractivity contribution in [2.75, 3.05) is 6.61 Å². The fourth-order valence-electron chi connectivity index (χ4n) is 4.29. The third kappa shape index (κ3) is 6.23. The summed E-state index contributed by atoms with van der Waals surface area (Å²) < 4.78 is 60.4. The first-order valence-electron chi connectivity index (χ1n) is 11.0. The van der Waals surface area contributed by atoms with Crippen LogP contribution in [-0.2, 0) is 6.42 Å². The number of benzene rings is 2. The molecule has 1 saturated carbocycles. The van der Waals surface area contributed by atoms with Gasteiger partial charge in [0.15, 0.2) is 23.2 Å². The van der Waals surface area contributed by atoms with E-state index in [0.717, 1.165) is 37.0 Å². The van der Waals surface area contributed by atoms with Crippen LogP contribution in [0.2, 0.25) is 0 Å². The molecule has 3 rings (SSSR count). The van der Waals surface area contributed by atoms with Gasteiger partial charge in [-0.2, -0.15) is 4.39 Å². The first kappa shape index (κ1) is 22.6. The Morgan fingerprint density at radius 2 is 1.50 bits per heavy atom. The van der Waals surface area contributed by atoms with E-state index in [1.54, 1.807) is 0 Å². The molecular formula is C25H30F4O. The Kier molecular flexibility index (Phi) is 8.17. The average molecular weight is 423 g/mol. The molecule has 1 aliphatic carbocycles. The van der Waals surface area contributed by atoms with Gasteiger partial charge in [-0.25, -0.2) is 13.2 Å². The Morgan fingerprint density at radius 1 is 0.800 bits per heavy atom. The van der Waals surface area contributed by atoms with Crippen molar-refractivity contribution in [3.8, 4) is 5.75 Å². The summed E-state index contributed by atoms with van der Waals surface area (Å²) in [5.41, 5.74) is 0.932. The van der Waals surface area contributed by atoms with Crippen molar-refractivity contribution in [3.05, 3.63) is 64.7 Å². The molecule has 30 heavy (non-hydrogen) atoms. The second kappa shape index (κ2) is 10.8. The summed E-state index contributed by atoms with van der Waals surface area (Å²) >= 11 is 0. The molecule has 0 radical (unpaired) electrons. The molecule has 0 unspecified atom stereocenters. The van der Waals surface area contributed by atoms with Gasteiger partial charge in [0.2, 0.25) is 5.82 Å². The van der Waals surface area contributed by atoms with Crippen LogP contribution in [-0.4, -0.2) is 6.61 Å².